The molecule has 0 bridgehead atoms. The number of benzene rings is 1. The lowest BCUT2D eigenvalue weighted by Crippen LogP contribution is -2.25. The van der Waals surface area contributed by atoms with E-state index in [-0.39, 0.29) is 24.7 Å². The van der Waals surface area contributed by atoms with Gasteiger partial charge in [-0.15, -0.1) is 0 Å². The highest BCUT2D eigenvalue weighted by Gasteiger charge is 2.30. The summed E-state index contributed by atoms with van der Waals surface area (Å²) in [5.74, 6) is 0.354. The first kappa shape index (κ1) is 12.6. The molecule has 18 heavy (non-hydrogen) atoms. The van der Waals surface area contributed by atoms with Gasteiger partial charge in [0.25, 0.3) is 0 Å². The fourth-order valence-electron chi connectivity index (χ4n) is 1.84. The van der Waals surface area contributed by atoms with Crippen molar-refractivity contribution in [1.29, 1.82) is 0 Å². The molecule has 96 valence electrons. The number of amides is 1. The quantitative estimate of drug-likeness (QED) is 0.577. The highest BCUT2D eigenvalue weighted by atomic mass is 16.5. The van der Waals surface area contributed by atoms with Crippen molar-refractivity contribution in [1.82, 2.24) is 0 Å². The maximum Gasteiger partial charge on any atom is 0.235 e. The Morgan fingerprint density at radius 3 is 2.67 bits per heavy atom. The summed E-state index contributed by atoms with van der Waals surface area (Å²) in [4.78, 5) is 24.4. The summed E-state index contributed by atoms with van der Waals surface area (Å²) in [5.41, 5.74) is 0.643. The lowest BCUT2D eigenvalue weighted by molar-refractivity contribution is -0.121. The first-order chi connectivity index (χ1) is 8.72. The number of carbonyl (C=O) groups is 2. The monoisotopic (exact) mass is 249 g/mol. The molecule has 0 spiro atoms. The molecular weight excluding hydrogens is 234 g/mol. The van der Waals surface area contributed by atoms with Crippen molar-refractivity contribution >= 4 is 17.4 Å². The molecule has 1 aliphatic rings. The Kier molecular flexibility index (Phi) is 3.94. The molecule has 0 atom stereocenters. The van der Waals surface area contributed by atoms with Crippen LogP contribution in [0, 0.1) is 0 Å². The molecule has 1 heterocycles. The van der Waals surface area contributed by atoms with Gasteiger partial charge in [-0.3, -0.25) is 9.59 Å². The first-order valence-corrected chi connectivity index (χ1v) is 5.75. The number of ketones is 1. The average molecular weight is 249 g/mol. The van der Waals surface area contributed by atoms with Gasteiger partial charge in [0.2, 0.25) is 5.91 Å². The molecule has 2 rings (SSSR count). The zero-order chi connectivity index (χ0) is 13.0. The van der Waals surface area contributed by atoms with Crippen LogP contribution in [0.15, 0.2) is 24.3 Å². The normalized spacial score (nSPS) is 15.3. The van der Waals surface area contributed by atoms with Crippen LogP contribution in [-0.4, -0.2) is 38.6 Å². The molecule has 1 aromatic carbocycles. The summed E-state index contributed by atoms with van der Waals surface area (Å²) in [6.45, 7) is 1.01. The number of rotatable bonds is 5. The summed E-state index contributed by atoms with van der Waals surface area (Å²) < 4.78 is 10.5. The number of methoxy groups -OCH3 is 1. The zero-order valence-electron chi connectivity index (χ0n) is 10.2. The van der Waals surface area contributed by atoms with Crippen LogP contribution in [0.25, 0.3) is 0 Å². The van der Waals surface area contributed by atoms with Crippen molar-refractivity contribution in [2.24, 2.45) is 0 Å². The molecule has 0 aromatic heterocycles. The van der Waals surface area contributed by atoms with Gasteiger partial charge in [-0.2, -0.15) is 0 Å². The van der Waals surface area contributed by atoms with E-state index >= 15 is 0 Å². The second-order valence-electron chi connectivity index (χ2n) is 4.00. The van der Waals surface area contributed by atoms with Crippen LogP contribution in [-0.2, 0) is 14.3 Å². The van der Waals surface area contributed by atoms with Crippen molar-refractivity contribution in [2.45, 2.75) is 6.42 Å². The number of Topliss-reactive ketones (excluding diaryl/α,β-unsaturated/α-hetero) is 1. The average Bonchev–Trinajstić information content (AvgIpc) is 2.69. The van der Waals surface area contributed by atoms with E-state index in [9.17, 15) is 9.59 Å². The number of ether oxygens (including phenoxy) is 2. The molecule has 0 saturated carbocycles. The molecule has 0 unspecified atom stereocenters. The number of hydrogen-bond acceptors (Lipinski definition) is 4. The summed E-state index contributed by atoms with van der Waals surface area (Å²) in [6.07, 6.45) is -0.0214. The molecule has 1 fully saturated rings. The fourth-order valence-corrected chi connectivity index (χ4v) is 1.84. The van der Waals surface area contributed by atoms with Crippen LogP contribution in [0.2, 0.25) is 0 Å². The molecule has 0 radical (unpaired) electrons. The minimum Gasteiger partial charge on any atom is -0.489 e. The van der Waals surface area contributed by atoms with Crippen LogP contribution < -0.4 is 9.64 Å². The number of para-hydroxylation sites is 2. The molecular formula is C13H15NO4. The summed E-state index contributed by atoms with van der Waals surface area (Å²) in [5, 5.41) is 0. The van der Waals surface area contributed by atoms with Gasteiger partial charge < -0.3 is 14.4 Å². The third kappa shape index (κ3) is 2.68. The summed E-state index contributed by atoms with van der Waals surface area (Å²) in [6, 6.07) is 7.20. The molecule has 1 aliphatic heterocycles. The number of carbonyl (C=O) groups excluding carboxylic acids is 2. The van der Waals surface area contributed by atoms with Crippen LogP contribution in [0.1, 0.15) is 6.42 Å². The van der Waals surface area contributed by atoms with Crippen molar-refractivity contribution in [2.75, 3.05) is 31.8 Å². The topological polar surface area (TPSA) is 55.8 Å². The Labute approximate surface area is 105 Å². The fraction of sp³-hybridized carbons (Fsp3) is 0.385. The van der Waals surface area contributed by atoms with Crippen LogP contribution >= 0.6 is 0 Å². The van der Waals surface area contributed by atoms with Crippen LogP contribution in [0.5, 0.6) is 5.75 Å². The Hall–Kier alpha value is -1.88. The molecule has 1 amide bonds. The highest BCUT2D eigenvalue weighted by Crippen LogP contribution is 2.30. The van der Waals surface area contributed by atoms with Crippen molar-refractivity contribution in [3.8, 4) is 5.75 Å². The molecule has 5 heteroatoms. The standard InChI is InChI=1S/C13H15NO4/c1-17-6-7-18-12-5-3-2-4-11(12)14-9-10(15)8-13(14)16/h2-5H,6-9H2,1H3. The van der Waals surface area contributed by atoms with Gasteiger partial charge in [-0.25, -0.2) is 0 Å². The zero-order valence-corrected chi connectivity index (χ0v) is 10.2. The second kappa shape index (κ2) is 5.64. The summed E-state index contributed by atoms with van der Waals surface area (Å²) >= 11 is 0. The summed E-state index contributed by atoms with van der Waals surface area (Å²) in [7, 11) is 1.60. The lowest BCUT2D eigenvalue weighted by atomic mass is 10.2. The van der Waals surface area contributed by atoms with E-state index in [4.69, 9.17) is 9.47 Å². The van der Waals surface area contributed by atoms with E-state index in [1.165, 1.54) is 4.90 Å². The van der Waals surface area contributed by atoms with E-state index < -0.39 is 0 Å². The second-order valence-corrected chi connectivity index (χ2v) is 4.00. The largest absolute Gasteiger partial charge is 0.489 e. The van der Waals surface area contributed by atoms with Gasteiger partial charge in [0.15, 0.2) is 5.78 Å². The van der Waals surface area contributed by atoms with E-state index in [0.29, 0.717) is 24.7 Å². The van der Waals surface area contributed by atoms with E-state index in [0.717, 1.165) is 0 Å². The van der Waals surface area contributed by atoms with Crippen LogP contribution in [0.4, 0.5) is 5.69 Å². The predicted octanol–water partition coefficient (Wildman–Crippen LogP) is 1.02. The van der Waals surface area contributed by atoms with Gasteiger partial charge in [-0.05, 0) is 12.1 Å². The van der Waals surface area contributed by atoms with Crippen molar-refractivity contribution in [3.05, 3.63) is 24.3 Å². The SMILES string of the molecule is COCCOc1ccccc1N1CC(=O)CC1=O. The lowest BCUT2D eigenvalue weighted by Gasteiger charge is -2.18. The molecule has 1 saturated heterocycles. The van der Waals surface area contributed by atoms with Crippen LogP contribution in [0.3, 0.4) is 0 Å². The van der Waals surface area contributed by atoms with Gasteiger partial charge in [0, 0.05) is 7.11 Å². The predicted molar refractivity (Wildman–Crippen MR) is 65.8 cm³/mol. The van der Waals surface area contributed by atoms with Gasteiger partial charge in [0.1, 0.15) is 12.4 Å². The van der Waals surface area contributed by atoms with E-state index in [1.54, 1.807) is 19.2 Å². The third-order valence-electron chi connectivity index (χ3n) is 2.68. The Morgan fingerprint density at radius 2 is 2.00 bits per heavy atom. The molecule has 0 N–H and O–H groups in total. The van der Waals surface area contributed by atoms with Crippen molar-refractivity contribution in [3.63, 3.8) is 0 Å². The molecule has 5 nitrogen and oxygen atoms in total. The number of anilines is 1. The maximum absolute atomic E-state index is 11.7. The minimum absolute atomic E-state index is 0.0214. The Morgan fingerprint density at radius 1 is 1.22 bits per heavy atom. The van der Waals surface area contributed by atoms with Crippen molar-refractivity contribution < 1.29 is 19.1 Å². The smallest absolute Gasteiger partial charge is 0.235 e. The number of hydrogen-bond donors (Lipinski definition) is 0. The third-order valence-corrected chi connectivity index (χ3v) is 2.68. The molecule has 1 aromatic rings. The highest BCUT2D eigenvalue weighted by molar-refractivity contribution is 6.15. The number of nitrogens with zero attached hydrogens (tertiary/aromatic N) is 1. The minimum atomic E-state index is -0.178. The first-order valence-electron chi connectivity index (χ1n) is 5.75. The Bertz CT molecular complexity index is 458. The van der Waals surface area contributed by atoms with Gasteiger partial charge >= 0.3 is 0 Å². The van der Waals surface area contributed by atoms with Gasteiger partial charge in [0.05, 0.1) is 25.3 Å². The van der Waals surface area contributed by atoms with E-state index in [2.05, 4.69) is 0 Å². The maximum atomic E-state index is 11.7. The Balaban J connectivity index is 2.16. The van der Waals surface area contributed by atoms with Gasteiger partial charge in [-0.1, -0.05) is 12.1 Å². The van der Waals surface area contributed by atoms with E-state index in [1.807, 2.05) is 12.1 Å². The molecule has 0 aliphatic carbocycles.